The van der Waals surface area contributed by atoms with Crippen LogP contribution in [0.1, 0.15) is 28.9 Å². The zero-order valence-electron chi connectivity index (χ0n) is 18.1. The van der Waals surface area contributed by atoms with Crippen molar-refractivity contribution in [2.75, 3.05) is 25.1 Å². The first kappa shape index (κ1) is 22.1. The summed E-state index contributed by atoms with van der Waals surface area (Å²) in [4.78, 5) is 36.7. The molecule has 1 N–H and O–H groups in total. The van der Waals surface area contributed by atoms with Gasteiger partial charge in [-0.25, -0.2) is 4.68 Å². The molecule has 0 aliphatic carbocycles. The van der Waals surface area contributed by atoms with Gasteiger partial charge in [0, 0.05) is 18.1 Å². The summed E-state index contributed by atoms with van der Waals surface area (Å²) in [5.74, 6) is 0.204. The normalized spacial score (nSPS) is 12.2. The number of carbonyl (C=O) groups excluding carboxylic acids is 3. The van der Waals surface area contributed by atoms with E-state index in [0.717, 1.165) is 11.4 Å². The second-order valence-electron chi connectivity index (χ2n) is 7.41. The Kier molecular flexibility index (Phi) is 6.68. The second kappa shape index (κ2) is 9.99. The molecule has 0 atom stereocenters. The summed E-state index contributed by atoms with van der Waals surface area (Å²) >= 11 is 0. The maximum Gasteiger partial charge on any atom is 0.306 e. The Labute approximate surface area is 190 Å². The number of nitrogens with zero attached hydrogens (tertiary/aromatic N) is 2. The number of aromatic nitrogens is 2. The first-order valence-electron chi connectivity index (χ1n) is 10.5. The van der Waals surface area contributed by atoms with Crippen LogP contribution in [0.15, 0.2) is 54.6 Å². The molecule has 1 aliphatic heterocycles. The maximum absolute atomic E-state index is 12.4. The monoisotopic (exact) mass is 449 g/mol. The van der Waals surface area contributed by atoms with E-state index in [0.29, 0.717) is 36.1 Å². The average Bonchev–Trinajstić information content (AvgIpc) is 3.21. The number of ether oxygens (including phenoxy) is 3. The van der Waals surface area contributed by atoms with Crippen molar-refractivity contribution >= 4 is 23.5 Å². The zero-order valence-corrected chi connectivity index (χ0v) is 18.1. The first-order valence-corrected chi connectivity index (χ1v) is 10.5. The molecule has 3 aromatic rings. The van der Waals surface area contributed by atoms with E-state index in [9.17, 15) is 14.4 Å². The highest BCUT2D eigenvalue weighted by Crippen LogP contribution is 2.31. The number of fused-ring (bicyclic) bond motifs is 1. The number of carbonyl (C=O) groups is 3. The van der Waals surface area contributed by atoms with Gasteiger partial charge < -0.3 is 19.5 Å². The number of Topliss-reactive ketones (excluding diaryl/α,β-unsaturated/α-hetero) is 1. The molecule has 4 rings (SSSR count). The molecular formula is C24H23N3O6. The fraction of sp³-hybridized carbons (Fsp3) is 0.250. The molecule has 9 heteroatoms. The van der Waals surface area contributed by atoms with Gasteiger partial charge in [0.1, 0.15) is 19.0 Å². The lowest BCUT2D eigenvalue weighted by Crippen LogP contribution is -2.22. The van der Waals surface area contributed by atoms with Gasteiger partial charge in [-0.1, -0.05) is 18.2 Å². The molecule has 2 aromatic carbocycles. The van der Waals surface area contributed by atoms with Crippen molar-refractivity contribution in [3.8, 4) is 17.2 Å². The van der Waals surface area contributed by atoms with Gasteiger partial charge in [-0.05, 0) is 37.3 Å². The SMILES string of the molecule is Cc1cc(NC(=O)COC(=O)CCC(=O)c2ccc3c(c2)OCCO3)n(-c2ccccc2)n1. The fourth-order valence-corrected chi connectivity index (χ4v) is 3.33. The van der Waals surface area contributed by atoms with Gasteiger partial charge in [-0.2, -0.15) is 5.10 Å². The van der Waals surface area contributed by atoms with E-state index in [1.165, 1.54) is 0 Å². The second-order valence-corrected chi connectivity index (χ2v) is 7.41. The van der Waals surface area contributed by atoms with Crippen molar-refractivity contribution in [3.05, 3.63) is 65.9 Å². The van der Waals surface area contributed by atoms with E-state index in [-0.39, 0.29) is 18.6 Å². The van der Waals surface area contributed by atoms with E-state index < -0.39 is 18.5 Å². The summed E-state index contributed by atoms with van der Waals surface area (Å²) in [6.07, 6.45) is -0.179. The summed E-state index contributed by atoms with van der Waals surface area (Å²) in [7, 11) is 0. The van der Waals surface area contributed by atoms with Gasteiger partial charge in [0.15, 0.2) is 23.9 Å². The molecule has 0 radical (unpaired) electrons. The largest absolute Gasteiger partial charge is 0.486 e. The van der Waals surface area contributed by atoms with Crippen LogP contribution < -0.4 is 14.8 Å². The predicted molar refractivity (Wildman–Crippen MR) is 119 cm³/mol. The van der Waals surface area contributed by atoms with E-state index in [1.807, 2.05) is 37.3 Å². The minimum absolute atomic E-state index is 0.0416. The molecule has 0 unspecified atom stereocenters. The van der Waals surface area contributed by atoms with Crippen LogP contribution in [0, 0.1) is 6.92 Å². The number of para-hydroxylation sites is 1. The van der Waals surface area contributed by atoms with E-state index >= 15 is 0 Å². The molecule has 0 bridgehead atoms. The number of esters is 1. The highest BCUT2D eigenvalue weighted by atomic mass is 16.6. The maximum atomic E-state index is 12.4. The van der Waals surface area contributed by atoms with Crippen LogP contribution in [0.2, 0.25) is 0 Å². The Bertz CT molecular complexity index is 1170. The number of amides is 1. The van der Waals surface area contributed by atoms with Gasteiger partial charge in [0.25, 0.3) is 5.91 Å². The number of anilines is 1. The molecule has 0 spiro atoms. The van der Waals surface area contributed by atoms with Crippen LogP contribution >= 0.6 is 0 Å². The quantitative estimate of drug-likeness (QED) is 0.416. The standard InChI is InChI=1S/C24H23N3O6/c1-16-13-22(27(26-16)18-5-3-2-4-6-18)25-23(29)15-33-24(30)10-8-19(28)17-7-9-20-21(14-17)32-12-11-31-20/h2-7,9,13-14H,8,10-12,15H2,1H3,(H,25,29). The van der Waals surface area contributed by atoms with Crippen molar-refractivity contribution in [2.45, 2.75) is 19.8 Å². The van der Waals surface area contributed by atoms with Crippen LogP contribution in [0.3, 0.4) is 0 Å². The molecule has 1 aromatic heterocycles. The van der Waals surface area contributed by atoms with Crippen molar-refractivity contribution in [2.24, 2.45) is 0 Å². The van der Waals surface area contributed by atoms with E-state index in [4.69, 9.17) is 14.2 Å². The summed E-state index contributed by atoms with van der Waals surface area (Å²) in [5, 5.41) is 7.07. The molecule has 0 fully saturated rings. The first-order chi connectivity index (χ1) is 16.0. The van der Waals surface area contributed by atoms with Gasteiger partial charge in [0.2, 0.25) is 0 Å². The molecule has 0 saturated heterocycles. The third kappa shape index (κ3) is 5.57. The average molecular weight is 449 g/mol. The molecule has 0 saturated carbocycles. The molecule has 9 nitrogen and oxygen atoms in total. The van der Waals surface area contributed by atoms with Crippen LogP contribution in [0.4, 0.5) is 5.82 Å². The Morgan fingerprint density at radius 2 is 1.76 bits per heavy atom. The van der Waals surface area contributed by atoms with Gasteiger partial charge >= 0.3 is 5.97 Å². The Balaban J connectivity index is 1.26. The summed E-state index contributed by atoms with van der Waals surface area (Å²) in [6.45, 7) is 2.24. The van der Waals surface area contributed by atoms with Crippen LogP contribution in [0.5, 0.6) is 11.5 Å². The zero-order chi connectivity index (χ0) is 23.2. The number of benzene rings is 2. The molecule has 2 heterocycles. The molecule has 170 valence electrons. The third-order valence-corrected chi connectivity index (χ3v) is 4.88. The van der Waals surface area contributed by atoms with Crippen molar-refractivity contribution in [1.82, 2.24) is 9.78 Å². The minimum atomic E-state index is -0.635. The number of hydrogen-bond acceptors (Lipinski definition) is 7. The van der Waals surface area contributed by atoms with Gasteiger partial charge in [-0.15, -0.1) is 0 Å². The van der Waals surface area contributed by atoms with Crippen LogP contribution in [-0.2, 0) is 14.3 Å². The molecule has 1 amide bonds. The van der Waals surface area contributed by atoms with E-state index in [1.54, 1.807) is 28.9 Å². The number of rotatable bonds is 8. The number of aryl methyl sites for hydroxylation is 1. The van der Waals surface area contributed by atoms with Gasteiger partial charge in [0.05, 0.1) is 17.8 Å². The number of nitrogens with one attached hydrogen (secondary N) is 1. The summed E-state index contributed by atoms with van der Waals surface area (Å²) in [6, 6.07) is 16.0. The Morgan fingerprint density at radius 1 is 1.00 bits per heavy atom. The molecular weight excluding hydrogens is 426 g/mol. The number of ketones is 1. The lowest BCUT2D eigenvalue weighted by atomic mass is 10.1. The highest BCUT2D eigenvalue weighted by Gasteiger charge is 2.17. The van der Waals surface area contributed by atoms with Crippen molar-refractivity contribution in [1.29, 1.82) is 0 Å². The number of hydrogen-bond donors (Lipinski definition) is 1. The topological polar surface area (TPSA) is 109 Å². The van der Waals surface area contributed by atoms with Gasteiger partial charge in [-0.3, -0.25) is 14.4 Å². The predicted octanol–water partition coefficient (Wildman–Crippen LogP) is 3.10. The highest BCUT2D eigenvalue weighted by molar-refractivity contribution is 5.98. The van der Waals surface area contributed by atoms with Crippen molar-refractivity contribution < 1.29 is 28.6 Å². The lowest BCUT2D eigenvalue weighted by molar-refractivity contribution is -0.147. The fourth-order valence-electron chi connectivity index (χ4n) is 3.33. The van der Waals surface area contributed by atoms with Crippen LogP contribution in [0.25, 0.3) is 5.69 Å². The smallest absolute Gasteiger partial charge is 0.306 e. The summed E-state index contributed by atoms with van der Waals surface area (Å²) in [5.41, 5.74) is 1.94. The van der Waals surface area contributed by atoms with Crippen molar-refractivity contribution in [3.63, 3.8) is 0 Å². The third-order valence-electron chi connectivity index (χ3n) is 4.88. The molecule has 33 heavy (non-hydrogen) atoms. The summed E-state index contributed by atoms with van der Waals surface area (Å²) < 4.78 is 17.5. The Morgan fingerprint density at radius 3 is 2.55 bits per heavy atom. The minimum Gasteiger partial charge on any atom is -0.486 e. The Hall–Kier alpha value is -4.14. The van der Waals surface area contributed by atoms with E-state index in [2.05, 4.69) is 10.4 Å². The lowest BCUT2D eigenvalue weighted by Gasteiger charge is -2.18. The van der Waals surface area contributed by atoms with Crippen LogP contribution in [-0.4, -0.2) is 47.3 Å². The molecule has 1 aliphatic rings.